The predicted octanol–water partition coefficient (Wildman–Crippen LogP) is 2.21. The maximum absolute atomic E-state index is 13.2. The van der Waals surface area contributed by atoms with Crippen LogP contribution in [0.15, 0.2) is 11.6 Å². The van der Waals surface area contributed by atoms with Crippen LogP contribution in [0.2, 0.25) is 0 Å². The summed E-state index contributed by atoms with van der Waals surface area (Å²) < 4.78 is 0. The molecule has 0 aliphatic heterocycles. The minimum atomic E-state index is -0.842. The second-order valence-electron chi connectivity index (χ2n) is 9.53. The largest absolute Gasteiger partial charge is 0.393 e. The lowest BCUT2D eigenvalue weighted by atomic mass is 9.46. The zero-order valence-corrected chi connectivity index (χ0v) is 15.0. The number of Topliss-reactive ketones (excluding diaryl/α,β-unsaturated/α-hetero) is 1. The lowest BCUT2D eigenvalue weighted by Crippen LogP contribution is -2.60. The summed E-state index contributed by atoms with van der Waals surface area (Å²) in [7, 11) is 0. The first-order chi connectivity index (χ1) is 11.1. The summed E-state index contributed by atoms with van der Waals surface area (Å²) in [5.41, 5.74) is -0.458. The highest BCUT2D eigenvalue weighted by atomic mass is 16.3. The van der Waals surface area contributed by atoms with Crippen molar-refractivity contribution in [3.63, 3.8) is 0 Å². The van der Waals surface area contributed by atoms with Crippen molar-refractivity contribution in [3.05, 3.63) is 11.6 Å². The number of aliphatic hydroxyl groups excluding tert-OH is 2. The van der Waals surface area contributed by atoms with Crippen LogP contribution in [0, 0.1) is 28.6 Å². The van der Waals surface area contributed by atoms with Crippen LogP contribution in [0.4, 0.5) is 0 Å². The van der Waals surface area contributed by atoms with Crippen molar-refractivity contribution in [1.82, 2.24) is 0 Å². The molecule has 0 bridgehead atoms. The Morgan fingerprint density at radius 1 is 1.12 bits per heavy atom. The molecule has 0 saturated heterocycles. The second kappa shape index (κ2) is 4.93. The van der Waals surface area contributed by atoms with Crippen LogP contribution < -0.4 is 0 Å². The third-order valence-electron chi connectivity index (χ3n) is 8.37. The lowest BCUT2D eigenvalue weighted by Gasteiger charge is -2.58. The quantitative estimate of drug-likeness (QED) is 0.594. The van der Waals surface area contributed by atoms with Gasteiger partial charge in [-0.1, -0.05) is 25.5 Å². The zero-order valence-electron chi connectivity index (χ0n) is 15.0. The van der Waals surface area contributed by atoms with Crippen molar-refractivity contribution in [1.29, 1.82) is 0 Å². The molecular formula is C20H30O4. The lowest BCUT2D eigenvalue weighted by molar-refractivity contribution is -0.164. The molecule has 3 N–H and O–H groups in total. The molecule has 134 valence electrons. The molecule has 0 aromatic rings. The van der Waals surface area contributed by atoms with Crippen LogP contribution >= 0.6 is 0 Å². The molecule has 4 aliphatic rings. The van der Waals surface area contributed by atoms with E-state index in [2.05, 4.69) is 6.92 Å². The highest BCUT2D eigenvalue weighted by molar-refractivity contribution is 5.85. The molecule has 4 heteroatoms. The Hall–Kier alpha value is -0.710. The molecule has 3 saturated carbocycles. The summed E-state index contributed by atoms with van der Waals surface area (Å²) in [6.07, 6.45) is 5.00. The van der Waals surface area contributed by atoms with Gasteiger partial charge in [0.15, 0.2) is 0 Å². The molecule has 3 fully saturated rings. The molecule has 4 aliphatic carbocycles. The molecule has 0 heterocycles. The Bertz CT molecular complexity index is 609. The minimum Gasteiger partial charge on any atom is -0.393 e. The number of aliphatic hydroxyl groups is 3. The molecule has 0 radical (unpaired) electrons. The van der Waals surface area contributed by atoms with Crippen LogP contribution in [0.5, 0.6) is 0 Å². The highest BCUT2D eigenvalue weighted by Crippen LogP contribution is 2.65. The van der Waals surface area contributed by atoms with E-state index in [4.69, 9.17) is 0 Å². The summed E-state index contributed by atoms with van der Waals surface area (Å²) in [5.74, 6) is 0.0948. The van der Waals surface area contributed by atoms with Crippen molar-refractivity contribution in [2.45, 2.75) is 77.1 Å². The maximum atomic E-state index is 13.2. The third kappa shape index (κ3) is 1.94. The zero-order chi connectivity index (χ0) is 17.5. The van der Waals surface area contributed by atoms with Gasteiger partial charge in [0.05, 0.1) is 17.8 Å². The van der Waals surface area contributed by atoms with Gasteiger partial charge in [-0.05, 0) is 50.4 Å². The third-order valence-corrected chi connectivity index (χ3v) is 8.37. The monoisotopic (exact) mass is 334 g/mol. The number of rotatable bonds is 0. The first-order valence-electron chi connectivity index (χ1n) is 9.42. The number of hydrogen-bond donors (Lipinski definition) is 3. The fourth-order valence-corrected chi connectivity index (χ4v) is 6.66. The van der Waals surface area contributed by atoms with Crippen LogP contribution in [-0.2, 0) is 4.79 Å². The number of carbonyl (C=O) groups excluding carboxylic acids is 1. The van der Waals surface area contributed by atoms with Gasteiger partial charge >= 0.3 is 0 Å². The van der Waals surface area contributed by atoms with Gasteiger partial charge in [0.2, 0.25) is 0 Å². The second-order valence-corrected chi connectivity index (χ2v) is 9.53. The van der Waals surface area contributed by atoms with Gasteiger partial charge in [0, 0.05) is 23.7 Å². The maximum Gasteiger partial charge on any atom is 0.137 e. The van der Waals surface area contributed by atoms with E-state index in [9.17, 15) is 20.1 Å². The normalized spacial score (nSPS) is 57.0. The molecule has 8 atom stereocenters. The van der Waals surface area contributed by atoms with Crippen LogP contribution in [-0.4, -0.2) is 38.9 Å². The molecule has 0 aromatic carbocycles. The average molecular weight is 334 g/mol. The Morgan fingerprint density at radius 2 is 1.83 bits per heavy atom. The van der Waals surface area contributed by atoms with Crippen molar-refractivity contribution in [2.75, 3.05) is 0 Å². The van der Waals surface area contributed by atoms with E-state index in [1.54, 1.807) is 0 Å². The fourth-order valence-electron chi connectivity index (χ4n) is 6.66. The Labute approximate surface area is 144 Å². The average Bonchev–Trinajstić information content (AvgIpc) is 2.71. The van der Waals surface area contributed by atoms with E-state index < -0.39 is 17.1 Å². The van der Waals surface area contributed by atoms with E-state index in [-0.39, 0.29) is 35.1 Å². The summed E-state index contributed by atoms with van der Waals surface area (Å²) in [4.78, 5) is 13.2. The van der Waals surface area contributed by atoms with Crippen LogP contribution in [0.1, 0.15) is 59.3 Å². The number of ketones is 1. The first kappa shape index (κ1) is 16.7. The number of hydrogen-bond acceptors (Lipinski definition) is 4. The molecule has 24 heavy (non-hydrogen) atoms. The number of fused-ring (bicyclic) bond motifs is 5. The smallest absolute Gasteiger partial charge is 0.137 e. The van der Waals surface area contributed by atoms with Gasteiger partial charge in [-0.25, -0.2) is 0 Å². The fraction of sp³-hybridized carbons (Fsp3) is 0.850. The predicted molar refractivity (Wildman–Crippen MR) is 90.1 cm³/mol. The molecule has 4 nitrogen and oxygen atoms in total. The molecular weight excluding hydrogens is 304 g/mol. The Balaban J connectivity index is 1.81. The van der Waals surface area contributed by atoms with Gasteiger partial charge in [-0.3, -0.25) is 4.79 Å². The molecule has 3 unspecified atom stereocenters. The van der Waals surface area contributed by atoms with Gasteiger partial charge < -0.3 is 15.3 Å². The van der Waals surface area contributed by atoms with Crippen molar-refractivity contribution in [3.8, 4) is 0 Å². The Morgan fingerprint density at radius 3 is 2.54 bits per heavy atom. The highest BCUT2D eigenvalue weighted by Gasteiger charge is 2.66. The van der Waals surface area contributed by atoms with Crippen molar-refractivity contribution in [2.24, 2.45) is 28.6 Å². The van der Waals surface area contributed by atoms with E-state index in [1.165, 1.54) is 0 Å². The van der Waals surface area contributed by atoms with E-state index in [1.807, 2.05) is 19.9 Å². The summed E-state index contributed by atoms with van der Waals surface area (Å²) in [5, 5.41) is 31.8. The van der Waals surface area contributed by atoms with Crippen LogP contribution in [0.3, 0.4) is 0 Å². The molecule has 0 amide bonds. The van der Waals surface area contributed by atoms with Gasteiger partial charge in [-0.15, -0.1) is 0 Å². The molecule has 0 aromatic heterocycles. The summed E-state index contributed by atoms with van der Waals surface area (Å²) >= 11 is 0. The van der Waals surface area contributed by atoms with Crippen molar-refractivity contribution >= 4 is 5.78 Å². The topological polar surface area (TPSA) is 77.8 Å². The van der Waals surface area contributed by atoms with E-state index in [0.29, 0.717) is 19.3 Å². The SMILES string of the molecule is CC1(O)CC[C@H]2[C@@H]3C(O)C=C4CC(O)CC[C@]4(C)[C@@H]3C(=O)C[C@@]21C. The molecule has 0 spiro atoms. The molecule has 4 rings (SSSR count). The van der Waals surface area contributed by atoms with E-state index >= 15 is 0 Å². The van der Waals surface area contributed by atoms with Gasteiger partial charge in [0.1, 0.15) is 5.78 Å². The summed E-state index contributed by atoms with van der Waals surface area (Å²) in [6.45, 7) is 6.05. The van der Waals surface area contributed by atoms with Gasteiger partial charge in [0.25, 0.3) is 0 Å². The van der Waals surface area contributed by atoms with E-state index in [0.717, 1.165) is 24.8 Å². The van der Waals surface area contributed by atoms with Crippen LogP contribution in [0.25, 0.3) is 0 Å². The minimum absolute atomic E-state index is 0.103. The summed E-state index contributed by atoms with van der Waals surface area (Å²) in [6, 6.07) is 0. The standard InChI is InChI=1S/C20H30O4/c1-18-6-4-12(21)8-11(18)9-14(22)16-13-5-7-20(3,24)19(13,2)10-15(23)17(16)18/h9,12-14,16-17,21-22,24H,4-8,10H2,1-3H3/t12?,13-,14?,16+,17+,18-,19-,20?/m0/s1. The first-order valence-corrected chi connectivity index (χ1v) is 9.42. The number of carbonyl (C=O) groups is 1. The Kier molecular flexibility index (Phi) is 3.44. The van der Waals surface area contributed by atoms with Crippen molar-refractivity contribution < 1.29 is 20.1 Å². The van der Waals surface area contributed by atoms with Gasteiger partial charge in [-0.2, -0.15) is 0 Å².